The van der Waals surface area contributed by atoms with E-state index >= 15 is 0 Å². The number of hydrogen-bond acceptors (Lipinski definition) is 5. The molecule has 0 aliphatic heterocycles. The first-order chi connectivity index (χ1) is 11.0. The van der Waals surface area contributed by atoms with Crippen LogP contribution in [0.5, 0.6) is 0 Å². The third-order valence-electron chi connectivity index (χ3n) is 3.00. The van der Waals surface area contributed by atoms with Crippen molar-refractivity contribution in [2.75, 3.05) is 6.61 Å². The van der Waals surface area contributed by atoms with Crippen molar-refractivity contribution in [3.63, 3.8) is 0 Å². The molecular formula is C15H18FNO6S. The lowest BCUT2D eigenvalue weighted by Crippen LogP contribution is -2.45. The molecule has 2 N–H and O–H groups in total. The van der Waals surface area contributed by atoms with Gasteiger partial charge in [0.1, 0.15) is 17.4 Å². The number of hydrogen-bond donors (Lipinski definition) is 2. The topological polar surface area (TPSA) is 106 Å². The molecule has 1 aromatic heterocycles. The highest BCUT2D eigenvalue weighted by molar-refractivity contribution is 7.89. The maximum Gasteiger partial charge on any atom is 0.324 e. The molecule has 24 heavy (non-hydrogen) atoms. The SMILES string of the molecule is CC(C)(C)OC[C@H](NS(=O)(=O)c1cc2cc(F)ccc2o1)C(=O)O. The fourth-order valence-electron chi connectivity index (χ4n) is 1.86. The molecule has 0 radical (unpaired) electrons. The first-order valence-electron chi connectivity index (χ1n) is 7.06. The molecule has 0 spiro atoms. The number of sulfonamides is 1. The summed E-state index contributed by atoms with van der Waals surface area (Å²) < 4.78 is 50.3. The number of fused-ring (bicyclic) bond motifs is 1. The number of benzene rings is 1. The van der Waals surface area contributed by atoms with Gasteiger partial charge in [0, 0.05) is 11.5 Å². The summed E-state index contributed by atoms with van der Waals surface area (Å²) in [5, 5.41) is 8.93. The largest absolute Gasteiger partial charge is 0.480 e. The van der Waals surface area contributed by atoms with Crippen LogP contribution < -0.4 is 4.72 Å². The van der Waals surface area contributed by atoms with Crippen LogP contribution in [0.15, 0.2) is 33.8 Å². The summed E-state index contributed by atoms with van der Waals surface area (Å²) in [6.45, 7) is 4.80. The number of furan rings is 1. The summed E-state index contributed by atoms with van der Waals surface area (Å²) in [7, 11) is -4.25. The van der Waals surface area contributed by atoms with E-state index in [1.54, 1.807) is 20.8 Å². The molecule has 0 amide bonds. The minimum absolute atomic E-state index is 0.176. The monoisotopic (exact) mass is 359 g/mol. The summed E-state index contributed by atoms with van der Waals surface area (Å²) in [5.74, 6) is -1.92. The van der Waals surface area contributed by atoms with Gasteiger partial charge in [0.15, 0.2) is 0 Å². The minimum atomic E-state index is -4.25. The van der Waals surface area contributed by atoms with E-state index in [0.717, 1.165) is 18.2 Å². The van der Waals surface area contributed by atoms with Crippen LogP contribution in [-0.2, 0) is 19.6 Å². The first kappa shape index (κ1) is 18.4. The highest BCUT2D eigenvalue weighted by atomic mass is 32.2. The summed E-state index contributed by atoms with van der Waals surface area (Å²) in [6, 6.07) is 3.19. The Labute approximate surface area is 138 Å². The second-order valence-electron chi connectivity index (χ2n) is 6.18. The molecule has 9 heteroatoms. The molecule has 1 atom stereocenters. The van der Waals surface area contributed by atoms with Crippen LogP contribution in [0.4, 0.5) is 4.39 Å². The van der Waals surface area contributed by atoms with Crippen molar-refractivity contribution in [1.29, 1.82) is 0 Å². The van der Waals surface area contributed by atoms with Crippen LogP contribution in [-0.4, -0.2) is 37.7 Å². The van der Waals surface area contributed by atoms with Gasteiger partial charge in [-0.05, 0) is 39.0 Å². The van der Waals surface area contributed by atoms with E-state index in [1.807, 2.05) is 4.72 Å². The summed E-state index contributed by atoms with van der Waals surface area (Å²) >= 11 is 0. The van der Waals surface area contributed by atoms with Crippen molar-refractivity contribution >= 4 is 27.0 Å². The van der Waals surface area contributed by atoms with Gasteiger partial charge in [-0.1, -0.05) is 0 Å². The molecule has 2 aromatic rings. The highest BCUT2D eigenvalue weighted by Crippen LogP contribution is 2.23. The van der Waals surface area contributed by atoms with Crippen molar-refractivity contribution in [2.45, 2.75) is 37.5 Å². The second-order valence-corrected chi connectivity index (χ2v) is 7.83. The number of ether oxygens (including phenoxy) is 1. The van der Waals surface area contributed by atoms with Gasteiger partial charge in [0.05, 0.1) is 12.2 Å². The zero-order valence-corrected chi connectivity index (χ0v) is 14.2. The highest BCUT2D eigenvalue weighted by Gasteiger charge is 2.29. The van der Waals surface area contributed by atoms with Crippen molar-refractivity contribution in [1.82, 2.24) is 4.72 Å². The molecular weight excluding hydrogens is 341 g/mol. The molecule has 0 aliphatic carbocycles. The molecule has 0 fully saturated rings. The van der Waals surface area contributed by atoms with Gasteiger partial charge in [0.2, 0.25) is 5.09 Å². The number of halogens is 1. The minimum Gasteiger partial charge on any atom is -0.480 e. The average Bonchev–Trinajstić information content (AvgIpc) is 2.86. The maximum atomic E-state index is 13.2. The molecule has 2 rings (SSSR count). The molecule has 132 valence electrons. The molecule has 7 nitrogen and oxygen atoms in total. The number of nitrogens with one attached hydrogen (secondary N) is 1. The Hall–Kier alpha value is -1.97. The fraction of sp³-hybridized carbons (Fsp3) is 0.400. The van der Waals surface area contributed by atoms with Gasteiger partial charge in [-0.3, -0.25) is 4.79 Å². The molecule has 1 aromatic carbocycles. The quantitative estimate of drug-likeness (QED) is 0.818. The van der Waals surface area contributed by atoms with Crippen molar-refractivity contribution in [2.24, 2.45) is 0 Å². The van der Waals surface area contributed by atoms with Gasteiger partial charge in [-0.2, -0.15) is 4.72 Å². The first-order valence-corrected chi connectivity index (χ1v) is 8.54. The Bertz CT molecular complexity index is 852. The summed E-state index contributed by atoms with van der Waals surface area (Å²) in [6.07, 6.45) is 0. The van der Waals surface area contributed by atoms with E-state index in [-0.39, 0.29) is 17.6 Å². The molecule has 0 saturated carbocycles. The Kier molecular flexibility index (Phi) is 4.97. The predicted octanol–water partition coefficient (Wildman–Crippen LogP) is 2.12. The van der Waals surface area contributed by atoms with Gasteiger partial charge >= 0.3 is 5.97 Å². The van der Waals surface area contributed by atoms with Crippen LogP contribution >= 0.6 is 0 Å². The van der Waals surface area contributed by atoms with E-state index in [4.69, 9.17) is 14.3 Å². The van der Waals surface area contributed by atoms with E-state index in [2.05, 4.69) is 0 Å². The lowest BCUT2D eigenvalue weighted by atomic mass is 10.2. The van der Waals surface area contributed by atoms with Crippen LogP contribution in [0.1, 0.15) is 20.8 Å². The number of aliphatic carboxylic acids is 1. The standard InChI is InChI=1S/C15H18FNO6S/c1-15(2,3)22-8-11(14(18)19)17-24(20,21)13-7-9-6-10(16)4-5-12(9)23-13/h4-7,11,17H,8H2,1-3H3,(H,18,19)/t11-/m0/s1. The lowest BCUT2D eigenvalue weighted by Gasteiger charge is -2.22. The van der Waals surface area contributed by atoms with Gasteiger partial charge in [-0.25, -0.2) is 12.8 Å². The average molecular weight is 359 g/mol. The molecule has 0 aliphatic rings. The third kappa shape index (κ3) is 4.53. The molecule has 1 heterocycles. The predicted molar refractivity (Wildman–Crippen MR) is 83.6 cm³/mol. The smallest absolute Gasteiger partial charge is 0.324 e. The number of carboxylic acid groups (broad SMARTS) is 1. The second kappa shape index (κ2) is 6.50. The third-order valence-corrected chi connectivity index (χ3v) is 4.32. The summed E-state index contributed by atoms with van der Waals surface area (Å²) in [5.41, 5.74) is -0.453. The van der Waals surface area contributed by atoms with Crippen molar-refractivity contribution < 1.29 is 31.9 Å². The molecule has 0 unspecified atom stereocenters. The van der Waals surface area contributed by atoms with Crippen molar-refractivity contribution in [3.8, 4) is 0 Å². The van der Waals surface area contributed by atoms with Gasteiger partial charge in [0.25, 0.3) is 10.0 Å². The van der Waals surface area contributed by atoms with Crippen LogP contribution in [0.3, 0.4) is 0 Å². The molecule has 0 bridgehead atoms. The number of rotatable bonds is 6. The molecule has 0 saturated heterocycles. The number of carbonyl (C=O) groups is 1. The van der Waals surface area contributed by atoms with E-state index < -0.39 is 38.5 Å². The zero-order valence-electron chi connectivity index (χ0n) is 13.4. The Morgan fingerprint density at radius 3 is 2.62 bits per heavy atom. The summed E-state index contributed by atoms with van der Waals surface area (Å²) in [4.78, 5) is 11.3. The van der Waals surface area contributed by atoms with E-state index in [9.17, 15) is 17.6 Å². The zero-order chi connectivity index (χ0) is 18.1. The Balaban J connectivity index is 2.24. The van der Waals surface area contributed by atoms with Gasteiger partial charge < -0.3 is 14.3 Å². The normalized spacial score (nSPS) is 14.0. The Morgan fingerprint density at radius 2 is 2.04 bits per heavy atom. The lowest BCUT2D eigenvalue weighted by molar-refractivity contribution is -0.142. The maximum absolute atomic E-state index is 13.2. The van der Waals surface area contributed by atoms with Crippen LogP contribution in [0, 0.1) is 5.82 Å². The van der Waals surface area contributed by atoms with Crippen molar-refractivity contribution in [3.05, 3.63) is 30.1 Å². The van der Waals surface area contributed by atoms with E-state index in [1.165, 1.54) is 6.07 Å². The van der Waals surface area contributed by atoms with E-state index in [0.29, 0.717) is 0 Å². The Morgan fingerprint density at radius 1 is 1.38 bits per heavy atom. The van der Waals surface area contributed by atoms with Gasteiger partial charge in [-0.15, -0.1) is 0 Å². The number of carboxylic acids is 1. The fourth-order valence-corrected chi connectivity index (χ4v) is 3.00. The van der Waals surface area contributed by atoms with Crippen LogP contribution in [0.2, 0.25) is 0 Å². The van der Waals surface area contributed by atoms with Crippen LogP contribution in [0.25, 0.3) is 11.0 Å².